The molecular weight excluding hydrogens is 180 g/mol. The van der Waals surface area contributed by atoms with Gasteiger partial charge >= 0.3 is 0 Å². The lowest BCUT2D eigenvalue weighted by molar-refractivity contribution is 0.389. The van der Waals surface area contributed by atoms with Crippen LogP contribution in [-0.2, 0) is 0 Å². The van der Waals surface area contributed by atoms with Crippen LogP contribution in [-0.4, -0.2) is 17.7 Å². The van der Waals surface area contributed by atoms with Crippen LogP contribution in [0.1, 0.15) is 32.6 Å². The summed E-state index contributed by atoms with van der Waals surface area (Å²) in [5.74, 6) is 1.90. The Balaban J connectivity index is 1.79. The topological polar surface area (TPSA) is 24.1 Å². The summed E-state index contributed by atoms with van der Waals surface area (Å²) in [5.41, 5.74) is 0. The van der Waals surface area contributed by atoms with Crippen molar-refractivity contribution in [3.8, 4) is 0 Å². The van der Waals surface area contributed by atoms with Crippen LogP contribution in [0.3, 0.4) is 0 Å². The molecule has 0 heterocycles. The Kier molecular flexibility index (Phi) is 2.72. The van der Waals surface area contributed by atoms with Gasteiger partial charge in [0.15, 0.2) is 5.11 Å². The van der Waals surface area contributed by atoms with E-state index >= 15 is 0 Å². The minimum atomic E-state index is 0.672. The summed E-state index contributed by atoms with van der Waals surface area (Å²) in [6, 6.07) is 0.672. The molecule has 2 aliphatic rings. The van der Waals surface area contributed by atoms with Crippen LogP contribution < -0.4 is 10.6 Å². The molecule has 3 heteroatoms. The van der Waals surface area contributed by atoms with Gasteiger partial charge in [0.25, 0.3) is 0 Å². The molecular formula is C10H18N2S. The van der Waals surface area contributed by atoms with Crippen molar-refractivity contribution in [3.05, 3.63) is 0 Å². The zero-order valence-corrected chi connectivity index (χ0v) is 8.99. The van der Waals surface area contributed by atoms with Gasteiger partial charge in [0.2, 0.25) is 0 Å². The molecule has 0 aromatic heterocycles. The van der Waals surface area contributed by atoms with E-state index < -0.39 is 0 Å². The lowest BCUT2D eigenvalue weighted by Gasteiger charge is -2.24. The fraction of sp³-hybridized carbons (Fsp3) is 0.900. The predicted molar refractivity (Wildman–Crippen MR) is 58.6 cm³/mol. The third kappa shape index (κ3) is 1.96. The second kappa shape index (κ2) is 3.82. The normalized spacial score (nSPS) is 36.2. The molecule has 0 amide bonds. The summed E-state index contributed by atoms with van der Waals surface area (Å²) in [6.07, 6.45) is 5.65. The van der Waals surface area contributed by atoms with Crippen molar-refractivity contribution in [3.63, 3.8) is 0 Å². The van der Waals surface area contributed by atoms with Crippen LogP contribution in [0.5, 0.6) is 0 Å². The lowest BCUT2D eigenvalue weighted by Crippen LogP contribution is -2.44. The number of hydrogen-bond donors (Lipinski definition) is 2. The molecule has 3 atom stereocenters. The summed E-state index contributed by atoms with van der Waals surface area (Å²) < 4.78 is 0. The molecule has 0 aromatic rings. The maximum absolute atomic E-state index is 5.18. The van der Waals surface area contributed by atoms with Gasteiger partial charge in [-0.3, -0.25) is 0 Å². The first kappa shape index (κ1) is 9.25. The minimum Gasteiger partial charge on any atom is -0.363 e. The largest absolute Gasteiger partial charge is 0.363 e. The molecule has 0 spiro atoms. The SMILES string of the molecule is CCNC(=S)N[C@@H]1C[C@H]2CC[C@@H]1C2. The van der Waals surface area contributed by atoms with E-state index in [1.807, 2.05) is 0 Å². The predicted octanol–water partition coefficient (Wildman–Crippen LogP) is 1.66. The Morgan fingerprint density at radius 1 is 1.38 bits per heavy atom. The third-order valence-corrected chi connectivity index (χ3v) is 3.65. The monoisotopic (exact) mass is 198 g/mol. The third-order valence-electron chi connectivity index (χ3n) is 3.39. The van der Waals surface area contributed by atoms with E-state index in [0.717, 1.165) is 23.5 Å². The second-order valence-corrected chi connectivity index (χ2v) is 4.69. The standard InChI is InChI=1S/C10H18N2S/c1-2-11-10(13)12-9-6-7-3-4-8(9)5-7/h7-9H,2-6H2,1H3,(H2,11,12,13)/t7-,8+,9+/m0/s1. The molecule has 0 aromatic carbocycles. The highest BCUT2D eigenvalue weighted by Gasteiger charge is 2.39. The zero-order chi connectivity index (χ0) is 9.26. The van der Waals surface area contributed by atoms with E-state index in [-0.39, 0.29) is 0 Å². The van der Waals surface area contributed by atoms with E-state index in [1.54, 1.807) is 0 Å². The van der Waals surface area contributed by atoms with Crippen molar-refractivity contribution < 1.29 is 0 Å². The van der Waals surface area contributed by atoms with Crippen molar-refractivity contribution >= 4 is 17.3 Å². The van der Waals surface area contributed by atoms with Crippen molar-refractivity contribution in [2.24, 2.45) is 11.8 Å². The minimum absolute atomic E-state index is 0.672. The van der Waals surface area contributed by atoms with Gasteiger partial charge in [-0.2, -0.15) is 0 Å². The maximum Gasteiger partial charge on any atom is 0.166 e. The number of rotatable bonds is 2. The van der Waals surface area contributed by atoms with Crippen molar-refractivity contribution in [1.82, 2.24) is 10.6 Å². The summed E-state index contributed by atoms with van der Waals surface area (Å²) in [7, 11) is 0. The molecule has 2 rings (SSSR count). The summed E-state index contributed by atoms with van der Waals surface area (Å²) in [6.45, 7) is 3.00. The Morgan fingerprint density at radius 3 is 2.77 bits per heavy atom. The van der Waals surface area contributed by atoms with E-state index in [4.69, 9.17) is 12.2 Å². The smallest absolute Gasteiger partial charge is 0.166 e. The van der Waals surface area contributed by atoms with Crippen molar-refractivity contribution in [2.75, 3.05) is 6.54 Å². The molecule has 2 fully saturated rings. The Hall–Kier alpha value is -0.310. The maximum atomic E-state index is 5.18. The Morgan fingerprint density at radius 2 is 2.23 bits per heavy atom. The molecule has 2 aliphatic carbocycles. The average molecular weight is 198 g/mol. The number of nitrogens with one attached hydrogen (secondary N) is 2. The van der Waals surface area contributed by atoms with E-state index in [9.17, 15) is 0 Å². The first-order valence-electron chi connectivity index (χ1n) is 5.34. The molecule has 2 nitrogen and oxygen atoms in total. The first-order chi connectivity index (χ1) is 6.29. The summed E-state index contributed by atoms with van der Waals surface area (Å²) >= 11 is 5.18. The molecule has 13 heavy (non-hydrogen) atoms. The average Bonchev–Trinajstić information content (AvgIpc) is 2.65. The first-order valence-corrected chi connectivity index (χ1v) is 5.74. The van der Waals surface area contributed by atoms with Gasteiger partial charge < -0.3 is 10.6 Å². The molecule has 2 saturated carbocycles. The number of hydrogen-bond acceptors (Lipinski definition) is 1. The van der Waals surface area contributed by atoms with Gasteiger partial charge in [-0.05, 0) is 50.2 Å². The Bertz CT molecular complexity index is 205. The molecule has 74 valence electrons. The van der Waals surface area contributed by atoms with Crippen LogP contribution in [0.25, 0.3) is 0 Å². The molecule has 0 saturated heterocycles. The fourth-order valence-electron chi connectivity index (χ4n) is 2.80. The Labute approximate surface area is 85.5 Å². The quantitative estimate of drug-likeness (QED) is 0.660. The van der Waals surface area contributed by atoms with Gasteiger partial charge in [0, 0.05) is 12.6 Å². The van der Waals surface area contributed by atoms with Crippen molar-refractivity contribution in [1.29, 1.82) is 0 Å². The molecule has 2 bridgehead atoms. The van der Waals surface area contributed by atoms with Gasteiger partial charge in [-0.25, -0.2) is 0 Å². The van der Waals surface area contributed by atoms with Crippen molar-refractivity contribution in [2.45, 2.75) is 38.6 Å². The summed E-state index contributed by atoms with van der Waals surface area (Å²) in [4.78, 5) is 0. The highest BCUT2D eigenvalue weighted by Crippen LogP contribution is 2.44. The molecule has 0 unspecified atom stereocenters. The summed E-state index contributed by atoms with van der Waals surface area (Å²) in [5, 5.41) is 7.43. The van der Waals surface area contributed by atoms with E-state index in [2.05, 4.69) is 17.6 Å². The highest BCUT2D eigenvalue weighted by atomic mass is 32.1. The van der Waals surface area contributed by atoms with Crippen LogP contribution in [0, 0.1) is 11.8 Å². The van der Waals surface area contributed by atoms with Crippen LogP contribution in [0.15, 0.2) is 0 Å². The van der Waals surface area contributed by atoms with Crippen LogP contribution in [0.4, 0.5) is 0 Å². The van der Waals surface area contributed by atoms with Gasteiger partial charge in [0.05, 0.1) is 0 Å². The fourth-order valence-corrected chi connectivity index (χ4v) is 3.10. The van der Waals surface area contributed by atoms with E-state index in [0.29, 0.717) is 6.04 Å². The second-order valence-electron chi connectivity index (χ2n) is 4.29. The van der Waals surface area contributed by atoms with Crippen LogP contribution >= 0.6 is 12.2 Å². The van der Waals surface area contributed by atoms with Crippen LogP contribution in [0.2, 0.25) is 0 Å². The molecule has 0 radical (unpaired) electrons. The van der Waals surface area contributed by atoms with Gasteiger partial charge in [-0.1, -0.05) is 6.42 Å². The number of fused-ring (bicyclic) bond motifs is 2. The van der Waals surface area contributed by atoms with Gasteiger partial charge in [-0.15, -0.1) is 0 Å². The molecule has 0 aliphatic heterocycles. The van der Waals surface area contributed by atoms with E-state index in [1.165, 1.54) is 25.7 Å². The zero-order valence-electron chi connectivity index (χ0n) is 8.18. The highest BCUT2D eigenvalue weighted by molar-refractivity contribution is 7.80. The lowest BCUT2D eigenvalue weighted by atomic mass is 9.96. The number of thiocarbonyl (C=S) groups is 1. The molecule has 2 N–H and O–H groups in total. The van der Waals surface area contributed by atoms with Gasteiger partial charge in [0.1, 0.15) is 0 Å².